The van der Waals surface area contributed by atoms with Gasteiger partial charge in [0.25, 0.3) is 0 Å². The lowest BCUT2D eigenvalue weighted by molar-refractivity contribution is -0.137. The van der Waals surface area contributed by atoms with Crippen molar-refractivity contribution < 1.29 is 17.6 Å². The molecule has 2 aromatic rings. The van der Waals surface area contributed by atoms with Crippen LogP contribution in [0.3, 0.4) is 0 Å². The Morgan fingerprint density at radius 3 is 2.56 bits per heavy atom. The SMILES string of the molecule is CCC1(CNc2cc(-c3n[nH]c(=O)o3)ccc2C(F)(F)F)CCNCC1.Cl. The first kappa shape index (κ1) is 21.3. The van der Waals surface area contributed by atoms with E-state index in [0.717, 1.165) is 38.4 Å². The maximum absolute atomic E-state index is 13.4. The molecule has 3 N–H and O–H groups in total. The minimum absolute atomic E-state index is 0. The maximum Gasteiger partial charge on any atom is 0.434 e. The number of nitrogens with one attached hydrogen (secondary N) is 3. The van der Waals surface area contributed by atoms with Crippen LogP contribution in [-0.2, 0) is 6.18 Å². The average Bonchev–Trinajstić information content (AvgIpc) is 3.06. The number of alkyl halides is 3. The van der Waals surface area contributed by atoms with E-state index in [-0.39, 0.29) is 29.4 Å². The number of halogens is 4. The van der Waals surface area contributed by atoms with Gasteiger partial charge in [0.15, 0.2) is 0 Å². The normalized spacial score (nSPS) is 16.6. The zero-order valence-corrected chi connectivity index (χ0v) is 15.6. The molecule has 150 valence electrons. The van der Waals surface area contributed by atoms with Crippen molar-refractivity contribution in [2.24, 2.45) is 5.41 Å². The summed E-state index contributed by atoms with van der Waals surface area (Å²) in [6.45, 7) is 4.23. The lowest BCUT2D eigenvalue weighted by Gasteiger charge is -2.37. The number of anilines is 1. The van der Waals surface area contributed by atoms with Crippen molar-refractivity contribution in [1.82, 2.24) is 15.5 Å². The molecule has 2 heterocycles. The van der Waals surface area contributed by atoms with Crippen molar-refractivity contribution in [3.63, 3.8) is 0 Å². The summed E-state index contributed by atoms with van der Waals surface area (Å²) < 4.78 is 45.0. The molecule has 0 atom stereocenters. The summed E-state index contributed by atoms with van der Waals surface area (Å²) in [4.78, 5) is 11.1. The Kier molecular flexibility index (Phi) is 6.59. The smallest absolute Gasteiger partial charge is 0.388 e. The van der Waals surface area contributed by atoms with Gasteiger partial charge in [-0.1, -0.05) is 6.92 Å². The maximum atomic E-state index is 13.4. The van der Waals surface area contributed by atoms with E-state index in [9.17, 15) is 18.0 Å². The van der Waals surface area contributed by atoms with E-state index in [4.69, 9.17) is 4.42 Å². The molecule has 1 aliphatic rings. The number of H-pyrrole nitrogens is 1. The fourth-order valence-electron chi connectivity index (χ4n) is 3.32. The van der Waals surface area contributed by atoms with E-state index in [1.807, 2.05) is 0 Å². The van der Waals surface area contributed by atoms with Crippen molar-refractivity contribution >= 4 is 18.1 Å². The molecule has 27 heavy (non-hydrogen) atoms. The minimum atomic E-state index is -4.49. The molecule has 1 fully saturated rings. The van der Waals surface area contributed by atoms with Crippen LogP contribution in [0.15, 0.2) is 27.4 Å². The first-order chi connectivity index (χ1) is 12.3. The summed E-state index contributed by atoms with van der Waals surface area (Å²) in [5.74, 6) is -0.798. The second-order valence-corrected chi connectivity index (χ2v) is 6.63. The quantitative estimate of drug-likeness (QED) is 0.705. The Morgan fingerprint density at radius 2 is 2.00 bits per heavy atom. The van der Waals surface area contributed by atoms with Crippen LogP contribution in [0.1, 0.15) is 31.7 Å². The molecular weight excluding hydrogens is 385 g/mol. The molecule has 0 amide bonds. The number of hydrogen-bond donors (Lipinski definition) is 3. The van der Waals surface area contributed by atoms with E-state index < -0.39 is 17.5 Å². The zero-order valence-electron chi connectivity index (χ0n) is 14.8. The second-order valence-electron chi connectivity index (χ2n) is 6.63. The Labute approximate surface area is 160 Å². The monoisotopic (exact) mass is 406 g/mol. The highest BCUT2D eigenvalue weighted by atomic mass is 35.5. The van der Waals surface area contributed by atoms with Crippen LogP contribution >= 0.6 is 12.4 Å². The predicted molar refractivity (Wildman–Crippen MR) is 98.1 cm³/mol. The van der Waals surface area contributed by atoms with E-state index in [2.05, 4.69) is 27.8 Å². The number of aromatic amines is 1. The van der Waals surface area contributed by atoms with Crippen molar-refractivity contribution in [3.05, 3.63) is 34.3 Å². The number of rotatable bonds is 5. The molecule has 0 aliphatic carbocycles. The van der Waals surface area contributed by atoms with Crippen molar-refractivity contribution in [2.75, 3.05) is 25.0 Å². The Balaban J connectivity index is 0.00000261. The van der Waals surface area contributed by atoms with Gasteiger partial charge in [-0.05, 0) is 56.0 Å². The second kappa shape index (κ2) is 8.35. The fourth-order valence-corrected chi connectivity index (χ4v) is 3.32. The molecule has 3 rings (SSSR count). The van der Waals surface area contributed by atoms with Gasteiger partial charge in [0.1, 0.15) is 0 Å². The van der Waals surface area contributed by atoms with Crippen molar-refractivity contribution in [2.45, 2.75) is 32.4 Å². The van der Waals surface area contributed by atoms with E-state index in [1.165, 1.54) is 12.1 Å². The summed E-state index contributed by atoms with van der Waals surface area (Å²) >= 11 is 0. The standard InChI is InChI=1S/C17H21F3N4O2.ClH/c1-2-16(5-7-21-8-6-16)10-22-13-9-11(14-23-24-15(25)26-14)3-4-12(13)17(18,19)20;/h3-4,9,21-22H,2,5-8,10H2,1H3,(H,24,25);1H. The predicted octanol–water partition coefficient (Wildman–Crippen LogP) is 3.66. The number of piperidine rings is 1. The molecule has 1 saturated heterocycles. The van der Waals surface area contributed by atoms with Crippen LogP contribution in [0.5, 0.6) is 0 Å². The van der Waals surface area contributed by atoms with Gasteiger partial charge in [-0.2, -0.15) is 13.2 Å². The third-order valence-electron chi connectivity index (χ3n) is 5.08. The Hall–Kier alpha value is -2.00. The number of hydrogen-bond acceptors (Lipinski definition) is 5. The van der Waals surface area contributed by atoms with Gasteiger partial charge in [0, 0.05) is 17.8 Å². The Morgan fingerprint density at radius 1 is 1.30 bits per heavy atom. The number of benzene rings is 1. The number of nitrogens with zero attached hydrogens (tertiary/aromatic N) is 1. The van der Waals surface area contributed by atoms with Crippen molar-refractivity contribution in [3.8, 4) is 11.5 Å². The third kappa shape index (κ3) is 4.84. The topological polar surface area (TPSA) is 83.0 Å². The molecule has 10 heteroatoms. The zero-order chi connectivity index (χ0) is 18.8. The molecule has 6 nitrogen and oxygen atoms in total. The third-order valence-corrected chi connectivity index (χ3v) is 5.08. The van der Waals surface area contributed by atoms with Crippen LogP contribution in [0.2, 0.25) is 0 Å². The summed E-state index contributed by atoms with van der Waals surface area (Å²) in [5.41, 5.74) is -0.524. The molecule has 1 aromatic carbocycles. The lowest BCUT2D eigenvalue weighted by Crippen LogP contribution is -2.40. The Bertz CT molecular complexity index is 813. The summed E-state index contributed by atoms with van der Waals surface area (Å²) in [6, 6.07) is 3.55. The van der Waals surface area contributed by atoms with Gasteiger partial charge >= 0.3 is 11.9 Å². The first-order valence-electron chi connectivity index (χ1n) is 8.55. The van der Waals surface area contributed by atoms with Gasteiger partial charge in [-0.3, -0.25) is 0 Å². The molecule has 0 spiro atoms. The van der Waals surface area contributed by atoms with E-state index >= 15 is 0 Å². The first-order valence-corrected chi connectivity index (χ1v) is 8.55. The van der Waals surface area contributed by atoms with E-state index in [1.54, 1.807) is 0 Å². The molecule has 0 radical (unpaired) electrons. The van der Waals surface area contributed by atoms with Crippen LogP contribution in [0.25, 0.3) is 11.5 Å². The van der Waals surface area contributed by atoms with Gasteiger partial charge in [0.05, 0.1) is 5.56 Å². The highest BCUT2D eigenvalue weighted by molar-refractivity contribution is 5.85. The minimum Gasteiger partial charge on any atom is -0.388 e. The molecule has 0 unspecified atom stereocenters. The van der Waals surface area contributed by atoms with Gasteiger partial charge < -0.3 is 15.1 Å². The van der Waals surface area contributed by atoms with Crippen molar-refractivity contribution in [1.29, 1.82) is 0 Å². The van der Waals surface area contributed by atoms with Crippen LogP contribution < -0.4 is 16.4 Å². The largest absolute Gasteiger partial charge is 0.434 e. The summed E-state index contributed by atoms with van der Waals surface area (Å²) in [5, 5.41) is 12.1. The summed E-state index contributed by atoms with van der Waals surface area (Å²) in [6.07, 6.45) is -1.78. The summed E-state index contributed by atoms with van der Waals surface area (Å²) in [7, 11) is 0. The van der Waals surface area contributed by atoms with E-state index in [0.29, 0.717) is 12.1 Å². The molecule has 0 bridgehead atoms. The molecule has 1 aliphatic heterocycles. The highest BCUT2D eigenvalue weighted by Crippen LogP contribution is 2.39. The van der Waals surface area contributed by atoms with Gasteiger partial charge in [-0.15, -0.1) is 17.5 Å². The average molecular weight is 407 g/mol. The molecule has 1 aromatic heterocycles. The fraction of sp³-hybridized carbons (Fsp3) is 0.529. The van der Waals surface area contributed by atoms with Crippen LogP contribution in [-0.4, -0.2) is 29.8 Å². The molecule has 0 saturated carbocycles. The van der Waals surface area contributed by atoms with Crippen LogP contribution in [0, 0.1) is 5.41 Å². The van der Waals surface area contributed by atoms with Crippen LogP contribution in [0.4, 0.5) is 18.9 Å². The van der Waals surface area contributed by atoms with Gasteiger partial charge in [-0.25, -0.2) is 9.89 Å². The lowest BCUT2D eigenvalue weighted by atomic mass is 9.76. The highest BCUT2D eigenvalue weighted by Gasteiger charge is 2.35. The number of aromatic nitrogens is 2. The molecular formula is C17H22ClF3N4O2. The van der Waals surface area contributed by atoms with Gasteiger partial charge in [0.2, 0.25) is 5.89 Å².